The van der Waals surface area contributed by atoms with Gasteiger partial charge in [-0.25, -0.2) is 8.42 Å². The van der Waals surface area contributed by atoms with Gasteiger partial charge in [-0.3, -0.25) is 4.90 Å². The average molecular weight is 317 g/mol. The van der Waals surface area contributed by atoms with E-state index in [2.05, 4.69) is 10.2 Å². The first-order valence-corrected chi connectivity index (χ1v) is 9.12. The highest BCUT2D eigenvalue weighted by atomic mass is 35.5. The van der Waals surface area contributed by atoms with Crippen LogP contribution in [-0.4, -0.2) is 51.0 Å². The summed E-state index contributed by atoms with van der Waals surface area (Å²) in [7, 11) is -2.92. The maximum absolute atomic E-state index is 11.7. The fourth-order valence-electron chi connectivity index (χ4n) is 2.46. The van der Waals surface area contributed by atoms with Crippen molar-refractivity contribution in [3.05, 3.63) is 34.9 Å². The van der Waals surface area contributed by atoms with Gasteiger partial charge in [0.15, 0.2) is 9.84 Å². The summed E-state index contributed by atoms with van der Waals surface area (Å²) < 4.78 is 23.4. The van der Waals surface area contributed by atoms with Gasteiger partial charge in [0.2, 0.25) is 0 Å². The minimum atomic E-state index is -2.92. The van der Waals surface area contributed by atoms with Crippen LogP contribution in [0.25, 0.3) is 0 Å². The van der Waals surface area contributed by atoms with Crippen LogP contribution in [0.1, 0.15) is 18.5 Å². The van der Waals surface area contributed by atoms with Crippen LogP contribution >= 0.6 is 11.6 Å². The molecule has 1 unspecified atom stereocenters. The van der Waals surface area contributed by atoms with Crippen LogP contribution in [0, 0.1) is 0 Å². The molecule has 1 aliphatic heterocycles. The molecule has 1 fully saturated rings. The zero-order chi connectivity index (χ0) is 14.6. The fraction of sp³-hybridized carbons (Fsp3) is 0.571. The molecule has 1 aromatic carbocycles. The van der Waals surface area contributed by atoms with E-state index in [0.29, 0.717) is 11.6 Å². The number of benzene rings is 1. The zero-order valence-corrected chi connectivity index (χ0v) is 13.3. The molecular weight excluding hydrogens is 296 g/mol. The summed E-state index contributed by atoms with van der Waals surface area (Å²) >= 11 is 6.05. The first kappa shape index (κ1) is 15.8. The zero-order valence-electron chi connectivity index (χ0n) is 11.7. The van der Waals surface area contributed by atoms with Crippen molar-refractivity contribution in [2.24, 2.45) is 0 Å². The van der Waals surface area contributed by atoms with Crippen molar-refractivity contribution in [2.45, 2.75) is 13.0 Å². The molecule has 6 heteroatoms. The molecule has 0 radical (unpaired) electrons. The number of rotatable bonds is 5. The number of nitrogens with zero attached hydrogens (tertiary/aromatic N) is 1. The Morgan fingerprint density at radius 1 is 1.45 bits per heavy atom. The molecule has 20 heavy (non-hydrogen) atoms. The molecule has 0 saturated carbocycles. The van der Waals surface area contributed by atoms with E-state index in [9.17, 15) is 8.42 Å². The quantitative estimate of drug-likeness (QED) is 0.898. The Hall–Kier alpha value is -0.620. The minimum absolute atomic E-state index is 0.189. The number of hydrogen-bond acceptors (Lipinski definition) is 4. The van der Waals surface area contributed by atoms with E-state index >= 15 is 0 Å². The third kappa shape index (κ3) is 4.19. The standard InChI is InChI=1S/C14H21ClN2O2S/c1-2-20(18,19)9-8-17-7-6-16-11-14(17)12-4-3-5-13(15)10-12/h3-5,10,14,16H,2,6-9,11H2,1H3. The first-order chi connectivity index (χ1) is 9.52. The molecule has 1 saturated heterocycles. The van der Waals surface area contributed by atoms with E-state index in [1.165, 1.54) is 0 Å². The molecular formula is C14H21ClN2O2S. The molecule has 1 heterocycles. The molecule has 4 nitrogen and oxygen atoms in total. The van der Waals surface area contributed by atoms with Crippen molar-refractivity contribution in [1.29, 1.82) is 0 Å². The smallest absolute Gasteiger partial charge is 0.151 e. The summed E-state index contributed by atoms with van der Waals surface area (Å²) in [6, 6.07) is 7.99. The summed E-state index contributed by atoms with van der Waals surface area (Å²) in [4.78, 5) is 2.23. The lowest BCUT2D eigenvalue weighted by Crippen LogP contribution is -2.47. The largest absolute Gasteiger partial charge is 0.314 e. The monoisotopic (exact) mass is 316 g/mol. The van der Waals surface area contributed by atoms with E-state index in [-0.39, 0.29) is 17.5 Å². The van der Waals surface area contributed by atoms with Gasteiger partial charge in [-0.2, -0.15) is 0 Å². The van der Waals surface area contributed by atoms with Crippen molar-refractivity contribution >= 4 is 21.4 Å². The fourth-order valence-corrected chi connectivity index (χ4v) is 3.46. The van der Waals surface area contributed by atoms with Crippen molar-refractivity contribution in [1.82, 2.24) is 10.2 Å². The van der Waals surface area contributed by atoms with Crippen molar-refractivity contribution in [3.8, 4) is 0 Å². The van der Waals surface area contributed by atoms with E-state index in [1.807, 2.05) is 24.3 Å². The number of piperazine rings is 1. The van der Waals surface area contributed by atoms with Gasteiger partial charge in [0.05, 0.1) is 5.75 Å². The average Bonchev–Trinajstić information content (AvgIpc) is 2.45. The number of nitrogens with one attached hydrogen (secondary N) is 1. The molecule has 2 rings (SSSR count). The van der Waals surface area contributed by atoms with E-state index in [4.69, 9.17) is 11.6 Å². The SMILES string of the molecule is CCS(=O)(=O)CCN1CCNCC1c1cccc(Cl)c1. The highest BCUT2D eigenvalue weighted by molar-refractivity contribution is 7.91. The molecule has 0 aliphatic carbocycles. The summed E-state index contributed by atoms with van der Waals surface area (Å²) in [5.41, 5.74) is 1.14. The van der Waals surface area contributed by atoms with Crippen molar-refractivity contribution < 1.29 is 8.42 Å². The molecule has 1 atom stereocenters. The number of halogens is 1. The van der Waals surface area contributed by atoms with Crippen LogP contribution in [-0.2, 0) is 9.84 Å². The summed E-state index contributed by atoms with van der Waals surface area (Å²) in [6.07, 6.45) is 0. The predicted octanol–water partition coefficient (Wildman–Crippen LogP) is 1.72. The molecule has 1 aromatic rings. The first-order valence-electron chi connectivity index (χ1n) is 6.92. The molecule has 112 valence electrons. The summed E-state index contributed by atoms with van der Waals surface area (Å²) in [5, 5.41) is 4.08. The highest BCUT2D eigenvalue weighted by Crippen LogP contribution is 2.24. The molecule has 1 aliphatic rings. The Balaban J connectivity index is 2.09. The van der Waals surface area contributed by atoms with Gasteiger partial charge in [0.1, 0.15) is 0 Å². The van der Waals surface area contributed by atoms with Crippen LogP contribution in [0.3, 0.4) is 0 Å². The van der Waals surface area contributed by atoms with E-state index < -0.39 is 9.84 Å². The van der Waals surface area contributed by atoms with Crippen molar-refractivity contribution in [2.75, 3.05) is 37.7 Å². The van der Waals surface area contributed by atoms with Gasteiger partial charge >= 0.3 is 0 Å². The lowest BCUT2D eigenvalue weighted by atomic mass is 10.0. The Bertz CT molecular complexity index is 548. The summed E-state index contributed by atoms with van der Waals surface area (Å²) in [6.45, 7) is 4.85. The normalized spacial score (nSPS) is 21.0. The molecule has 1 N–H and O–H groups in total. The lowest BCUT2D eigenvalue weighted by molar-refractivity contribution is 0.172. The molecule has 0 bridgehead atoms. The second kappa shape index (κ2) is 6.89. The Morgan fingerprint density at radius 2 is 2.25 bits per heavy atom. The van der Waals surface area contributed by atoms with Crippen LogP contribution in [0.4, 0.5) is 0 Å². The van der Waals surface area contributed by atoms with Crippen LogP contribution < -0.4 is 5.32 Å². The van der Waals surface area contributed by atoms with Crippen LogP contribution in [0.2, 0.25) is 5.02 Å². The predicted molar refractivity (Wildman–Crippen MR) is 83.0 cm³/mol. The second-order valence-electron chi connectivity index (χ2n) is 5.05. The summed E-state index contributed by atoms with van der Waals surface area (Å²) in [5.74, 6) is 0.432. The number of hydrogen-bond donors (Lipinski definition) is 1. The highest BCUT2D eigenvalue weighted by Gasteiger charge is 2.24. The van der Waals surface area contributed by atoms with Gasteiger partial charge in [-0.1, -0.05) is 30.7 Å². The maximum atomic E-state index is 11.7. The Kier molecular flexibility index (Phi) is 5.43. The van der Waals surface area contributed by atoms with Gasteiger partial charge < -0.3 is 5.32 Å². The van der Waals surface area contributed by atoms with Gasteiger partial charge in [0.25, 0.3) is 0 Å². The molecule has 0 spiro atoms. The molecule has 0 aromatic heterocycles. The van der Waals surface area contributed by atoms with Crippen molar-refractivity contribution in [3.63, 3.8) is 0 Å². The van der Waals surface area contributed by atoms with Crippen LogP contribution in [0.15, 0.2) is 24.3 Å². The number of sulfone groups is 1. The van der Waals surface area contributed by atoms with Gasteiger partial charge in [-0.15, -0.1) is 0 Å². The Morgan fingerprint density at radius 3 is 2.95 bits per heavy atom. The van der Waals surface area contributed by atoms with Gasteiger partial charge in [0, 0.05) is 43.0 Å². The third-order valence-corrected chi connectivity index (χ3v) is 5.64. The Labute approximate surface area is 126 Å². The van der Waals surface area contributed by atoms with Gasteiger partial charge in [-0.05, 0) is 17.7 Å². The van der Waals surface area contributed by atoms with E-state index in [1.54, 1.807) is 6.92 Å². The molecule has 0 amide bonds. The third-order valence-electron chi connectivity index (χ3n) is 3.72. The van der Waals surface area contributed by atoms with Crippen LogP contribution in [0.5, 0.6) is 0 Å². The minimum Gasteiger partial charge on any atom is -0.314 e. The second-order valence-corrected chi connectivity index (χ2v) is 7.96. The maximum Gasteiger partial charge on any atom is 0.151 e. The topological polar surface area (TPSA) is 49.4 Å². The lowest BCUT2D eigenvalue weighted by Gasteiger charge is -2.36. The van der Waals surface area contributed by atoms with E-state index in [0.717, 1.165) is 25.2 Å².